The number of carbonyl (C=O) groups is 1. The number of nitrogens with zero attached hydrogens (tertiary/aromatic N) is 4. The van der Waals surface area contributed by atoms with Crippen LogP contribution in [0.15, 0.2) is 11.2 Å². The zero-order valence-corrected chi connectivity index (χ0v) is 17.5. The predicted molar refractivity (Wildman–Crippen MR) is 108 cm³/mol. The van der Waals surface area contributed by atoms with E-state index in [0.717, 1.165) is 53.9 Å². The van der Waals surface area contributed by atoms with Crippen LogP contribution in [0.25, 0.3) is 0 Å². The summed E-state index contributed by atoms with van der Waals surface area (Å²) >= 11 is 1.55. The molecular weight excluding hydrogens is 372 g/mol. The lowest BCUT2D eigenvalue weighted by Gasteiger charge is -2.14. The SMILES string of the molecule is Cc1cc(C(=O)CSc2nnc(C3CC3)n2C2CC2)c(C)n1CC1CCCO1. The molecule has 1 unspecified atom stereocenters. The molecule has 2 aliphatic carbocycles. The van der Waals surface area contributed by atoms with E-state index >= 15 is 0 Å². The summed E-state index contributed by atoms with van der Waals surface area (Å²) in [7, 11) is 0. The summed E-state index contributed by atoms with van der Waals surface area (Å²) < 4.78 is 10.3. The lowest BCUT2D eigenvalue weighted by Crippen LogP contribution is -2.17. The molecule has 5 rings (SSSR count). The van der Waals surface area contributed by atoms with Crippen LogP contribution >= 0.6 is 11.8 Å². The van der Waals surface area contributed by atoms with Crippen molar-refractivity contribution in [2.24, 2.45) is 0 Å². The third-order valence-corrected chi connectivity index (χ3v) is 7.11. The van der Waals surface area contributed by atoms with Crippen molar-refractivity contribution in [3.8, 4) is 0 Å². The van der Waals surface area contributed by atoms with E-state index in [1.165, 1.54) is 25.7 Å². The van der Waals surface area contributed by atoms with E-state index in [1.807, 2.05) is 6.07 Å². The van der Waals surface area contributed by atoms with Crippen LogP contribution in [0, 0.1) is 13.8 Å². The quantitative estimate of drug-likeness (QED) is 0.494. The Hall–Kier alpha value is -1.60. The zero-order chi connectivity index (χ0) is 19.3. The van der Waals surface area contributed by atoms with Crippen molar-refractivity contribution in [2.45, 2.75) is 82.1 Å². The van der Waals surface area contributed by atoms with E-state index in [1.54, 1.807) is 11.8 Å². The fourth-order valence-corrected chi connectivity index (χ4v) is 5.14. The first kappa shape index (κ1) is 18.4. The van der Waals surface area contributed by atoms with Gasteiger partial charge in [0, 0.05) is 42.1 Å². The first-order valence-corrected chi connectivity index (χ1v) is 11.5. The highest BCUT2D eigenvalue weighted by atomic mass is 32.2. The van der Waals surface area contributed by atoms with Gasteiger partial charge in [0.2, 0.25) is 0 Å². The van der Waals surface area contributed by atoms with Gasteiger partial charge in [0.25, 0.3) is 0 Å². The second-order valence-electron chi connectivity index (χ2n) is 8.46. The van der Waals surface area contributed by atoms with Gasteiger partial charge in [-0.3, -0.25) is 4.79 Å². The molecule has 1 saturated heterocycles. The second-order valence-corrected chi connectivity index (χ2v) is 9.40. The second kappa shape index (κ2) is 7.34. The van der Waals surface area contributed by atoms with Gasteiger partial charge in [0.1, 0.15) is 5.82 Å². The summed E-state index contributed by atoms with van der Waals surface area (Å²) in [4.78, 5) is 13.0. The van der Waals surface area contributed by atoms with E-state index in [0.29, 0.717) is 17.7 Å². The highest BCUT2D eigenvalue weighted by molar-refractivity contribution is 7.99. The Morgan fingerprint density at radius 3 is 2.71 bits per heavy atom. The van der Waals surface area contributed by atoms with Crippen LogP contribution in [0.1, 0.15) is 78.1 Å². The van der Waals surface area contributed by atoms with Crippen LogP contribution < -0.4 is 0 Å². The highest BCUT2D eigenvalue weighted by Gasteiger charge is 2.36. The minimum atomic E-state index is 0.176. The van der Waals surface area contributed by atoms with E-state index in [9.17, 15) is 4.79 Å². The maximum absolute atomic E-state index is 13.0. The maximum Gasteiger partial charge on any atom is 0.191 e. The molecule has 0 spiro atoms. The summed E-state index contributed by atoms with van der Waals surface area (Å²) in [5, 5.41) is 9.79. The number of aromatic nitrogens is 4. The van der Waals surface area contributed by atoms with Crippen molar-refractivity contribution in [3.05, 3.63) is 28.8 Å². The first-order valence-electron chi connectivity index (χ1n) is 10.5. The van der Waals surface area contributed by atoms with Crippen molar-refractivity contribution in [1.29, 1.82) is 0 Å². The molecule has 2 aromatic rings. The monoisotopic (exact) mass is 400 g/mol. The Morgan fingerprint density at radius 1 is 1.21 bits per heavy atom. The summed E-state index contributed by atoms with van der Waals surface area (Å²) in [5.74, 6) is 2.33. The lowest BCUT2D eigenvalue weighted by atomic mass is 10.2. The van der Waals surface area contributed by atoms with Crippen LogP contribution in [-0.4, -0.2) is 43.6 Å². The molecule has 3 heterocycles. The summed E-state index contributed by atoms with van der Waals surface area (Å²) in [6.45, 7) is 5.84. The van der Waals surface area contributed by atoms with E-state index in [4.69, 9.17) is 4.74 Å². The Balaban J connectivity index is 1.28. The molecule has 2 saturated carbocycles. The Morgan fingerprint density at radius 2 is 2.04 bits per heavy atom. The molecule has 1 atom stereocenters. The molecule has 0 aromatic carbocycles. The van der Waals surface area contributed by atoms with Gasteiger partial charge in [-0.05, 0) is 58.4 Å². The van der Waals surface area contributed by atoms with Gasteiger partial charge in [-0.25, -0.2) is 0 Å². The van der Waals surface area contributed by atoms with Crippen LogP contribution in [0.5, 0.6) is 0 Å². The Labute approximate surface area is 170 Å². The zero-order valence-electron chi connectivity index (χ0n) is 16.7. The fourth-order valence-electron chi connectivity index (χ4n) is 4.25. The van der Waals surface area contributed by atoms with Gasteiger partial charge in [-0.1, -0.05) is 11.8 Å². The number of rotatable bonds is 8. The number of aryl methyl sites for hydroxylation is 1. The Bertz CT molecular complexity index is 889. The minimum Gasteiger partial charge on any atom is -0.376 e. The van der Waals surface area contributed by atoms with Crippen molar-refractivity contribution >= 4 is 17.5 Å². The minimum absolute atomic E-state index is 0.176. The number of ether oxygens (including phenoxy) is 1. The number of hydrogen-bond acceptors (Lipinski definition) is 5. The van der Waals surface area contributed by atoms with Gasteiger partial charge in [-0.2, -0.15) is 0 Å². The maximum atomic E-state index is 13.0. The highest BCUT2D eigenvalue weighted by Crippen LogP contribution is 2.46. The smallest absolute Gasteiger partial charge is 0.191 e. The fraction of sp³-hybridized carbons (Fsp3) is 0.667. The summed E-state index contributed by atoms with van der Waals surface area (Å²) in [6.07, 6.45) is 7.40. The molecule has 0 bridgehead atoms. The van der Waals surface area contributed by atoms with Crippen molar-refractivity contribution in [1.82, 2.24) is 19.3 Å². The van der Waals surface area contributed by atoms with Crippen molar-refractivity contribution < 1.29 is 9.53 Å². The predicted octanol–water partition coefficient (Wildman–Crippen LogP) is 4.06. The number of carbonyl (C=O) groups excluding carboxylic acids is 1. The van der Waals surface area contributed by atoms with Crippen molar-refractivity contribution in [2.75, 3.05) is 12.4 Å². The summed E-state index contributed by atoms with van der Waals surface area (Å²) in [6, 6.07) is 2.59. The van der Waals surface area contributed by atoms with Crippen molar-refractivity contribution in [3.63, 3.8) is 0 Å². The average molecular weight is 401 g/mol. The van der Waals surface area contributed by atoms with E-state index in [-0.39, 0.29) is 11.9 Å². The molecule has 2 aromatic heterocycles. The van der Waals surface area contributed by atoms with Crippen LogP contribution in [-0.2, 0) is 11.3 Å². The average Bonchev–Trinajstić information content (AvgIpc) is 3.60. The van der Waals surface area contributed by atoms with Crippen LogP contribution in [0.2, 0.25) is 0 Å². The molecule has 7 heteroatoms. The number of ketones is 1. The van der Waals surface area contributed by atoms with E-state index in [2.05, 4.69) is 33.2 Å². The van der Waals surface area contributed by atoms with Gasteiger partial charge in [0.05, 0.1) is 11.9 Å². The standard InChI is InChI=1S/C21H28N4O2S/c1-13-10-18(14(2)24(13)11-17-4-3-9-27-17)19(26)12-28-21-23-22-20(15-5-6-15)25(21)16-7-8-16/h10,15-17H,3-9,11-12H2,1-2H3. The molecular formula is C21H28N4O2S. The number of thioether (sulfide) groups is 1. The molecule has 3 fully saturated rings. The summed E-state index contributed by atoms with van der Waals surface area (Å²) in [5.41, 5.74) is 3.03. The molecule has 6 nitrogen and oxygen atoms in total. The normalized spacial score (nSPS) is 22.1. The largest absolute Gasteiger partial charge is 0.376 e. The van der Waals surface area contributed by atoms with Gasteiger partial charge in [0.15, 0.2) is 10.9 Å². The molecule has 0 N–H and O–H groups in total. The molecule has 0 amide bonds. The van der Waals surface area contributed by atoms with Gasteiger partial charge in [-0.15, -0.1) is 10.2 Å². The van der Waals surface area contributed by atoms with Crippen LogP contribution in [0.3, 0.4) is 0 Å². The first-order chi connectivity index (χ1) is 13.6. The molecule has 0 radical (unpaired) electrons. The number of hydrogen-bond donors (Lipinski definition) is 0. The van der Waals surface area contributed by atoms with E-state index < -0.39 is 0 Å². The van der Waals surface area contributed by atoms with Gasteiger partial charge >= 0.3 is 0 Å². The van der Waals surface area contributed by atoms with Gasteiger partial charge < -0.3 is 13.9 Å². The molecule has 1 aliphatic heterocycles. The molecule has 150 valence electrons. The number of Topliss-reactive ketones (excluding diaryl/α,β-unsaturated/α-hetero) is 1. The topological polar surface area (TPSA) is 61.9 Å². The molecule has 3 aliphatic rings. The lowest BCUT2D eigenvalue weighted by molar-refractivity contribution is 0.0957. The van der Waals surface area contributed by atoms with Crippen LogP contribution in [0.4, 0.5) is 0 Å². The third-order valence-electron chi connectivity index (χ3n) is 6.16. The third kappa shape index (κ3) is 3.54. The molecule has 28 heavy (non-hydrogen) atoms. The Kier molecular flexibility index (Phi) is 4.83.